The van der Waals surface area contributed by atoms with Gasteiger partial charge < -0.3 is 10.0 Å². The number of aliphatic carboxylic acids is 1. The first kappa shape index (κ1) is 19.2. The molecule has 1 unspecified atom stereocenters. The van der Waals surface area contributed by atoms with Gasteiger partial charge in [-0.05, 0) is 43.4 Å². The number of hydrogen-bond acceptors (Lipinski definition) is 5. The number of carboxylic acids is 1. The molecule has 1 aromatic heterocycles. The maximum atomic E-state index is 12.8. The summed E-state index contributed by atoms with van der Waals surface area (Å²) in [6, 6.07) is 5.06. The Balaban J connectivity index is 1.53. The van der Waals surface area contributed by atoms with Crippen LogP contribution in [-0.2, 0) is 21.4 Å². The zero-order chi connectivity index (χ0) is 20.7. The molecule has 9 nitrogen and oxygen atoms in total. The predicted molar refractivity (Wildman–Crippen MR) is 106 cm³/mol. The van der Waals surface area contributed by atoms with Crippen LogP contribution in [0.25, 0.3) is 11.0 Å². The van der Waals surface area contributed by atoms with E-state index >= 15 is 0 Å². The van der Waals surface area contributed by atoms with E-state index in [1.807, 2.05) is 18.2 Å². The monoisotopic (exact) mass is 400 g/mol. The number of benzene rings is 1. The number of fused-ring (bicyclic) bond motifs is 1. The normalized spacial score (nSPS) is 20.0. The number of carbonyl (C=O) groups excluding carboxylic acids is 2. The minimum Gasteiger partial charge on any atom is -0.481 e. The van der Waals surface area contributed by atoms with Gasteiger partial charge in [-0.15, -0.1) is 0 Å². The Labute approximate surface area is 166 Å². The molecule has 2 fully saturated rings. The van der Waals surface area contributed by atoms with Crippen molar-refractivity contribution < 1.29 is 19.5 Å². The molecule has 4 rings (SSSR count). The lowest BCUT2D eigenvalue weighted by atomic mass is 9.93. The minimum atomic E-state index is -0.756. The van der Waals surface area contributed by atoms with Crippen LogP contribution in [0.2, 0.25) is 0 Å². The summed E-state index contributed by atoms with van der Waals surface area (Å²) in [4.78, 5) is 49.3. The third kappa shape index (κ3) is 3.52. The number of imidazole rings is 1. The van der Waals surface area contributed by atoms with Crippen LogP contribution in [0.4, 0.5) is 5.69 Å². The highest BCUT2D eigenvalue weighted by Gasteiger charge is 2.32. The van der Waals surface area contributed by atoms with E-state index in [0.717, 1.165) is 30.7 Å². The number of nitrogens with zero attached hydrogens (tertiary/aromatic N) is 3. The Bertz CT molecular complexity index is 1050. The first-order valence-electron chi connectivity index (χ1n) is 9.86. The number of rotatable bonds is 6. The van der Waals surface area contributed by atoms with Gasteiger partial charge in [0.05, 0.1) is 11.0 Å². The molecule has 1 atom stereocenters. The lowest BCUT2D eigenvalue weighted by Gasteiger charge is -2.41. The van der Waals surface area contributed by atoms with Crippen molar-refractivity contribution >= 4 is 34.5 Å². The molecule has 9 heteroatoms. The number of imide groups is 1. The van der Waals surface area contributed by atoms with Gasteiger partial charge in [-0.25, -0.2) is 4.79 Å². The molecule has 2 aromatic rings. The van der Waals surface area contributed by atoms with E-state index in [0.29, 0.717) is 24.3 Å². The number of anilines is 1. The molecule has 0 spiro atoms. The van der Waals surface area contributed by atoms with E-state index in [9.17, 15) is 19.2 Å². The highest BCUT2D eigenvalue weighted by Crippen LogP contribution is 2.31. The number of amides is 2. The quantitative estimate of drug-likeness (QED) is 0.700. The van der Waals surface area contributed by atoms with Crippen molar-refractivity contribution in [3.8, 4) is 0 Å². The van der Waals surface area contributed by atoms with Gasteiger partial charge in [-0.2, -0.15) is 0 Å². The number of piperidine rings is 1. The van der Waals surface area contributed by atoms with Gasteiger partial charge in [0.1, 0.15) is 6.04 Å². The number of aromatic nitrogens is 2. The van der Waals surface area contributed by atoms with Gasteiger partial charge in [0.2, 0.25) is 11.8 Å². The van der Waals surface area contributed by atoms with Crippen LogP contribution in [-0.4, -0.2) is 45.1 Å². The number of carbonyl (C=O) groups is 3. The molecule has 2 aliphatic heterocycles. The van der Waals surface area contributed by atoms with Crippen molar-refractivity contribution in [2.45, 2.75) is 38.1 Å². The maximum Gasteiger partial charge on any atom is 0.329 e. The number of carboxylic acid groups (broad SMARTS) is 1. The molecule has 0 radical (unpaired) electrons. The molecular weight excluding hydrogens is 376 g/mol. The molecule has 0 aliphatic carbocycles. The summed E-state index contributed by atoms with van der Waals surface area (Å²) in [5, 5.41) is 11.1. The summed E-state index contributed by atoms with van der Waals surface area (Å²) in [5.41, 5.74) is 2.14. The highest BCUT2D eigenvalue weighted by molar-refractivity contribution is 6.00. The molecule has 2 N–H and O–H groups in total. The summed E-state index contributed by atoms with van der Waals surface area (Å²) in [5.74, 6) is -1.01. The molecule has 3 heterocycles. The lowest BCUT2D eigenvalue weighted by Crippen LogP contribution is -2.46. The average Bonchev–Trinajstić information content (AvgIpc) is 2.88. The smallest absolute Gasteiger partial charge is 0.329 e. The van der Waals surface area contributed by atoms with Crippen LogP contribution in [0.15, 0.2) is 23.0 Å². The fraction of sp³-hybridized carbons (Fsp3) is 0.500. The average molecular weight is 400 g/mol. The van der Waals surface area contributed by atoms with Gasteiger partial charge in [0.15, 0.2) is 0 Å². The third-order valence-electron chi connectivity index (χ3n) is 5.92. The summed E-state index contributed by atoms with van der Waals surface area (Å²) >= 11 is 0. The van der Waals surface area contributed by atoms with E-state index in [1.165, 1.54) is 9.13 Å². The van der Waals surface area contributed by atoms with E-state index in [-0.39, 0.29) is 24.4 Å². The molecule has 29 heavy (non-hydrogen) atoms. The molecule has 2 aliphatic rings. The number of aryl methyl sites for hydroxylation is 1. The molecule has 0 bridgehead atoms. The topological polar surface area (TPSA) is 114 Å². The molecule has 2 saturated heterocycles. The second-order valence-corrected chi connectivity index (χ2v) is 7.91. The first-order valence-corrected chi connectivity index (χ1v) is 9.86. The standard InChI is InChI=1S/C20H24N4O5/c1-22-16-9-13(23-10-12(11-23)3-2-4-18(26)27)5-6-14(16)24(20(22)29)15-7-8-17(25)21-19(15)28/h5-6,9,12,15H,2-4,7-8,10-11H2,1H3,(H,26,27)(H,21,25,28). The van der Waals surface area contributed by atoms with Crippen LogP contribution >= 0.6 is 0 Å². The fourth-order valence-corrected chi connectivity index (χ4v) is 4.28. The van der Waals surface area contributed by atoms with Gasteiger partial charge in [-0.1, -0.05) is 0 Å². The predicted octanol–water partition coefficient (Wildman–Crippen LogP) is 1.01. The molecule has 2 amide bonds. The molecular formula is C20H24N4O5. The molecule has 1 aromatic carbocycles. The van der Waals surface area contributed by atoms with Gasteiger partial charge in [-0.3, -0.25) is 28.8 Å². The van der Waals surface area contributed by atoms with Crippen molar-refractivity contribution in [1.82, 2.24) is 14.5 Å². The van der Waals surface area contributed by atoms with Crippen LogP contribution in [0.3, 0.4) is 0 Å². The summed E-state index contributed by atoms with van der Waals surface area (Å²) in [6.45, 7) is 1.74. The maximum absolute atomic E-state index is 12.8. The van der Waals surface area contributed by atoms with Crippen LogP contribution in [0.1, 0.15) is 38.1 Å². The van der Waals surface area contributed by atoms with Gasteiger partial charge in [0, 0.05) is 38.7 Å². The zero-order valence-electron chi connectivity index (χ0n) is 16.3. The van der Waals surface area contributed by atoms with E-state index in [1.54, 1.807) is 7.05 Å². The molecule has 154 valence electrons. The van der Waals surface area contributed by atoms with Gasteiger partial charge >= 0.3 is 11.7 Å². The van der Waals surface area contributed by atoms with Crippen molar-refractivity contribution in [1.29, 1.82) is 0 Å². The number of nitrogens with one attached hydrogen (secondary N) is 1. The van der Waals surface area contributed by atoms with E-state index < -0.39 is 17.9 Å². The Morgan fingerprint density at radius 3 is 2.66 bits per heavy atom. The Morgan fingerprint density at radius 1 is 1.21 bits per heavy atom. The van der Waals surface area contributed by atoms with Crippen molar-refractivity contribution in [3.05, 3.63) is 28.7 Å². The summed E-state index contributed by atoms with van der Waals surface area (Å²) in [7, 11) is 1.68. The minimum absolute atomic E-state index is 0.207. The van der Waals surface area contributed by atoms with Crippen molar-refractivity contribution in [3.63, 3.8) is 0 Å². The Hall–Kier alpha value is -3.10. The van der Waals surface area contributed by atoms with Crippen LogP contribution in [0, 0.1) is 5.92 Å². The van der Waals surface area contributed by atoms with Crippen LogP contribution in [0.5, 0.6) is 0 Å². The first-order chi connectivity index (χ1) is 13.8. The lowest BCUT2D eigenvalue weighted by molar-refractivity contribution is -0.137. The Morgan fingerprint density at radius 2 is 1.97 bits per heavy atom. The largest absolute Gasteiger partial charge is 0.481 e. The van der Waals surface area contributed by atoms with Crippen LogP contribution < -0.4 is 15.9 Å². The van der Waals surface area contributed by atoms with Gasteiger partial charge in [0.25, 0.3) is 0 Å². The Kier molecular flexibility index (Phi) is 4.89. The second-order valence-electron chi connectivity index (χ2n) is 7.91. The second kappa shape index (κ2) is 7.38. The fourth-order valence-electron chi connectivity index (χ4n) is 4.28. The van der Waals surface area contributed by atoms with Crippen molar-refractivity contribution in [2.24, 2.45) is 13.0 Å². The van der Waals surface area contributed by atoms with E-state index in [2.05, 4.69) is 10.2 Å². The molecule has 0 saturated carbocycles. The highest BCUT2D eigenvalue weighted by atomic mass is 16.4. The van der Waals surface area contributed by atoms with E-state index in [4.69, 9.17) is 5.11 Å². The number of hydrogen-bond donors (Lipinski definition) is 2. The summed E-state index contributed by atoms with van der Waals surface area (Å²) in [6.07, 6.45) is 2.33. The summed E-state index contributed by atoms with van der Waals surface area (Å²) < 4.78 is 3.01. The van der Waals surface area contributed by atoms with Crippen molar-refractivity contribution in [2.75, 3.05) is 18.0 Å². The third-order valence-corrected chi connectivity index (χ3v) is 5.92. The zero-order valence-corrected chi connectivity index (χ0v) is 16.3. The SMILES string of the molecule is Cn1c(=O)n(C2CCC(=O)NC2=O)c2ccc(N3CC(CCCC(=O)O)C3)cc21.